The first-order valence-corrected chi connectivity index (χ1v) is 6.31. The van der Waals surface area contributed by atoms with Crippen LogP contribution in [0.5, 0.6) is 5.75 Å². The topological polar surface area (TPSA) is 79.8 Å². The van der Waals surface area contributed by atoms with Crippen LogP contribution in [0.4, 0.5) is 16.2 Å². The van der Waals surface area contributed by atoms with E-state index in [1.54, 1.807) is 32.9 Å². The first-order chi connectivity index (χ1) is 9.35. The first kappa shape index (κ1) is 16.1. The van der Waals surface area contributed by atoms with E-state index in [1.165, 1.54) is 7.11 Å². The average molecular weight is 281 g/mol. The number of hydrogen-bond acceptors (Lipinski definition) is 5. The van der Waals surface area contributed by atoms with Crippen molar-refractivity contribution in [2.45, 2.75) is 26.4 Å². The molecule has 0 aliphatic rings. The van der Waals surface area contributed by atoms with E-state index in [0.29, 0.717) is 23.7 Å². The second kappa shape index (κ2) is 7.00. The Morgan fingerprint density at radius 1 is 1.40 bits per heavy atom. The molecular weight excluding hydrogens is 260 g/mol. The van der Waals surface area contributed by atoms with Gasteiger partial charge < -0.3 is 19.9 Å². The van der Waals surface area contributed by atoms with Crippen LogP contribution >= 0.6 is 0 Å². The number of ether oxygens (including phenoxy) is 2. The van der Waals surface area contributed by atoms with Crippen LogP contribution < -0.4 is 15.4 Å². The lowest BCUT2D eigenvalue weighted by molar-refractivity contribution is 0.0635. The second-order valence-corrected chi connectivity index (χ2v) is 5.09. The monoisotopic (exact) mass is 281 g/mol. The summed E-state index contributed by atoms with van der Waals surface area (Å²) in [6, 6.07) is 6.40. The van der Waals surface area contributed by atoms with E-state index >= 15 is 0 Å². The molecule has 0 unspecified atom stereocenters. The second-order valence-electron chi connectivity index (χ2n) is 5.09. The summed E-state index contributed by atoms with van der Waals surface area (Å²) in [7, 11) is 1.50. The van der Waals surface area contributed by atoms with Gasteiger partial charge in [-0.05, 0) is 32.9 Å². The lowest BCUT2D eigenvalue weighted by Crippen LogP contribution is -2.27. The van der Waals surface area contributed by atoms with Crippen LogP contribution in [0.2, 0.25) is 0 Å². The molecule has 6 nitrogen and oxygen atoms in total. The Bertz CT molecular complexity index is 455. The lowest BCUT2D eigenvalue weighted by atomic mass is 10.2. The fourth-order valence-corrected chi connectivity index (χ4v) is 1.44. The van der Waals surface area contributed by atoms with E-state index in [4.69, 9.17) is 14.6 Å². The van der Waals surface area contributed by atoms with Crippen molar-refractivity contribution in [3.05, 3.63) is 18.2 Å². The molecule has 6 heteroatoms. The van der Waals surface area contributed by atoms with Gasteiger partial charge in [-0.2, -0.15) is 0 Å². The molecular formula is C14H21N2O4. The van der Waals surface area contributed by atoms with E-state index in [1.807, 2.05) is 0 Å². The molecule has 0 spiro atoms. The number of aliphatic hydroxyl groups excluding tert-OH is 1. The highest BCUT2D eigenvalue weighted by Gasteiger charge is 2.17. The number of amides is 1. The number of methoxy groups -OCH3 is 1. The average Bonchev–Trinajstić information content (AvgIpc) is 2.34. The SMILES string of the molecule is COc1ccc(NCCO)[c]c1NC(=O)OC(C)(C)C. The summed E-state index contributed by atoms with van der Waals surface area (Å²) in [5.41, 5.74) is 0.444. The standard InChI is InChI=1S/C14H21N2O4/c1-14(2,3)20-13(18)16-11-9-10(15-7-8-17)5-6-12(11)19-4/h5-6,15,17H,7-8H2,1-4H3,(H,16,18). The van der Waals surface area contributed by atoms with E-state index in [9.17, 15) is 4.79 Å². The van der Waals surface area contributed by atoms with Gasteiger partial charge in [0.15, 0.2) is 0 Å². The molecule has 0 saturated heterocycles. The Hall–Kier alpha value is -1.95. The number of hydrogen-bond donors (Lipinski definition) is 3. The van der Waals surface area contributed by atoms with E-state index in [2.05, 4.69) is 16.7 Å². The van der Waals surface area contributed by atoms with Crippen molar-refractivity contribution in [2.75, 3.05) is 30.9 Å². The fourth-order valence-electron chi connectivity index (χ4n) is 1.44. The van der Waals surface area contributed by atoms with Gasteiger partial charge in [-0.15, -0.1) is 0 Å². The minimum Gasteiger partial charge on any atom is -0.495 e. The zero-order valence-corrected chi connectivity index (χ0v) is 12.2. The van der Waals surface area contributed by atoms with Gasteiger partial charge in [0.1, 0.15) is 11.4 Å². The number of benzene rings is 1. The molecule has 0 atom stereocenters. The van der Waals surface area contributed by atoms with Crippen LogP contribution in [0.25, 0.3) is 0 Å². The van der Waals surface area contributed by atoms with E-state index in [-0.39, 0.29) is 6.61 Å². The highest BCUT2D eigenvalue weighted by atomic mass is 16.6. The van der Waals surface area contributed by atoms with Gasteiger partial charge in [-0.25, -0.2) is 4.79 Å². The lowest BCUT2D eigenvalue weighted by Gasteiger charge is -2.20. The number of anilines is 2. The number of rotatable bonds is 5. The van der Waals surface area contributed by atoms with Gasteiger partial charge in [0, 0.05) is 18.3 Å². The van der Waals surface area contributed by atoms with Crippen molar-refractivity contribution in [3.63, 3.8) is 0 Å². The van der Waals surface area contributed by atoms with Crippen molar-refractivity contribution >= 4 is 17.5 Å². The summed E-state index contributed by atoms with van der Waals surface area (Å²) in [5.74, 6) is 0.477. The summed E-state index contributed by atoms with van der Waals surface area (Å²) in [6.45, 7) is 5.76. The summed E-state index contributed by atoms with van der Waals surface area (Å²) in [4.78, 5) is 11.8. The predicted molar refractivity (Wildman–Crippen MR) is 77.3 cm³/mol. The Labute approximate surface area is 119 Å². The molecule has 1 amide bonds. The molecule has 0 bridgehead atoms. The van der Waals surface area contributed by atoms with Gasteiger partial charge in [0.05, 0.1) is 19.4 Å². The van der Waals surface area contributed by atoms with Gasteiger partial charge in [0.25, 0.3) is 0 Å². The zero-order chi connectivity index (χ0) is 15.2. The third kappa shape index (κ3) is 5.36. The molecule has 1 radical (unpaired) electrons. The number of aliphatic hydroxyl groups is 1. The van der Waals surface area contributed by atoms with Crippen LogP contribution in [-0.4, -0.2) is 37.1 Å². The van der Waals surface area contributed by atoms with Crippen molar-refractivity contribution < 1.29 is 19.4 Å². The Kier molecular flexibility index (Phi) is 5.64. The Balaban J connectivity index is 2.82. The minimum atomic E-state index is -0.579. The maximum absolute atomic E-state index is 11.8. The normalized spacial score (nSPS) is 10.8. The summed E-state index contributed by atoms with van der Waals surface area (Å²) < 4.78 is 10.3. The largest absolute Gasteiger partial charge is 0.495 e. The van der Waals surface area contributed by atoms with Crippen LogP contribution in [-0.2, 0) is 4.74 Å². The van der Waals surface area contributed by atoms with E-state index < -0.39 is 11.7 Å². The highest BCUT2D eigenvalue weighted by molar-refractivity contribution is 5.87. The minimum absolute atomic E-state index is 0.00863. The smallest absolute Gasteiger partial charge is 0.412 e. The molecule has 1 aromatic rings. The summed E-state index contributed by atoms with van der Waals surface area (Å²) in [5, 5.41) is 14.3. The Morgan fingerprint density at radius 2 is 2.10 bits per heavy atom. The van der Waals surface area contributed by atoms with Gasteiger partial charge in [-0.3, -0.25) is 5.32 Å². The molecule has 111 valence electrons. The van der Waals surface area contributed by atoms with E-state index in [0.717, 1.165) is 0 Å². The molecule has 0 aliphatic carbocycles. The maximum Gasteiger partial charge on any atom is 0.412 e. The van der Waals surface area contributed by atoms with Crippen molar-refractivity contribution in [2.24, 2.45) is 0 Å². The van der Waals surface area contributed by atoms with Crippen LogP contribution in [0, 0.1) is 6.07 Å². The van der Waals surface area contributed by atoms with Crippen LogP contribution in [0.1, 0.15) is 20.8 Å². The number of carbonyl (C=O) groups is 1. The molecule has 0 fully saturated rings. The zero-order valence-electron chi connectivity index (χ0n) is 12.2. The van der Waals surface area contributed by atoms with Crippen molar-refractivity contribution in [1.29, 1.82) is 0 Å². The molecule has 20 heavy (non-hydrogen) atoms. The third-order valence-electron chi connectivity index (χ3n) is 2.18. The van der Waals surface area contributed by atoms with Crippen LogP contribution in [0.3, 0.4) is 0 Å². The highest BCUT2D eigenvalue weighted by Crippen LogP contribution is 2.27. The summed E-state index contributed by atoms with van der Waals surface area (Å²) >= 11 is 0. The quantitative estimate of drug-likeness (QED) is 0.771. The molecule has 0 saturated carbocycles. The Morgan fingerprint density at radius 3 is 2.65 bits per heavy atom. The molecule has 0 heterocycles. The molecule has 1 rings (SSSR count). The maximum atomic E-state index is 11.8. The van der Waals surface area contributed by atoms with Crippen LogP contribution in [0.15, 0.2) is 12.1 Å². The van der Waals surface area contributed by atoms with Gasteiger partial charge in [-0.1, -0.05) is 0 Å². The molecule has 0 aromatic heterocycles. The van der Waals surface area contributed by atoms with Crippen molar-refractivity contribution in [3.8, 4) is 5.75 Å². The fraction of sp³-hybridized carbons (Fsp3) is 0.500. The third-order valence-corrected chi connectivity index (χ3v) is 2.18. The predicted octanol–water partition coefficient (Wildman–Crippen LogP) is 2.25. The summed E-state index contributed by atoms with van der Waals surface area (Å²) in [6.07, 6.45) is -0.577. The number of carbonyl (C=O) groups excluding carboxylic acids is 1. The first-order valence-electron chi connectivity index (χ1n) is 6.31. The van der Waals surface area contributed by atoms with Gasteiger partial charge >= 0.3 is 6.09 Å². The number of nitrogens with one attached hydrogen (secondary N) is 2. The molecule has 1 aromatic carbocycles. The molecule has 3 N–H and O–H groups in total. The van der Waals surface area contributed by atoms with Crippen molar-refractivity contribution in [1.82, 2.24) is 0 Å². The molecule has 0 aliphatic heterocycles. The van der Waals surface area contributed by atoms with Gasteiger partial charge in [0.2, 0.25) is 0 Å².